The van der Waals surface area contributed by atoms with Crippen LogP contribution in [0.2, 0.25) is 0 Å². The van der Waals surface area contributed by atoms with Gasteiger partial charge in [0.05, 0.1) is 28.1 Å². The molecular formula is C14H20N4OS. The van der Waals surface area contributed by atoms with Gasteiger partial charge in [0.25, 0.3) is 0 Å². The van der Waals surface area contributed by atoms with Crippen LogP contribution in [-0.4, -0.2) is 42.5 Å². The lowest BCUT2D eigenvalue weighted by molar-refractivity contribution is -0.129. The first kappa shape index (κ1) is 14.6. The van der Waals surface area contributed by atoms with Crippen LogP contribution in [0.1, 0.15) is 13.8 Å². The first-order valence-electron chi connectivity index (χ1n) is 6.69. The monoisotopic (exact) mass is 292 g/mol. The third kappa shape index (κ3) is 2.70. The van der Waals surface area contributed by atoms with Gasteiger partial charge in [-0.1, -0.05) is 0 Å². The number of benzene rings is 1. The molecule has 1 aromatic carbocycles. The summed E-state index contributed by atoms with van der Waals surface area (Å²) in [5, 5.41) is 0. The van der Waals surface area contributed by atoms with E-state index in [4.69, 9.17) is 5.73 Å². The second kappa shape index (κ2) is 6.09. The van der Waals surface area contributed by atoms with Crippen molar-refractivity contribution in [2.24, 2.45) is 0 Å². The lowest BCUT2D eigenvalue weighted by Crippen LogP contribution is -2.39. The lowest BCUT2D eigenvalue weighted by atomic mass is 10.2. The minimum Gasteiger partial charge on any atom is -0.395 e. The summed E-state index contributed by atoms with van der Waals surface area (Å²) in [6.45, 7) is 5.74. The molecule has 2 N–H and O–H groups in total. The average Bonchev–Trinajstić information content (AvgIpc) is 2.89. The third-order valence-corrected chi connectivity index (χ3v) is 4.21. The molecule has 0 unspecified atom stereocenters. The molecule has 0 bridgehead atoms. The van der Waals surface area contributed by atoms with Gasteiger partial charge in [0.2, 0.25) is 5.91 Å². The fraction of sp³-hybridized carbons (Fsp3) is 0.429. The summed E-state index contributed by atoms with van der Waals surface area (Å²) < 4.78 is 1.06. The van der Waals surface area contributed by atoms with Crippen molar-refractivity contribution in [3.63, 3.8) is 0 Å². The molecule has 0 atom stereocenters. The summed E-state index contributed by atoms with van der Waals surface area (Å²) >= 11 is 1.56. The lowest BCUT2D eigenvalue weighted by Gasteiger charge is -2.25. The number of hydrogen-bond donors (Lipinski definition) is 1. The van der Waals surface area contributed by atoms with E-state index < -0.39 is 0 Å². The van der Waals surface area contributed by atoms with Crippen molar-refractivity contribution < 1.29 is 4.79 Å². The van der Waals surface area contributed by atoms with E-state index >= 15 is 0 Å². The van der Waals surface area contributed by atoms with Gasteiger partial charge in [-0.3, -0.25) is 4.79 Å². The number of likely N-dealkylation sites (N-methyl/N-ethyl adjacent to an activating group) is 2. The van der Waals surface area contributed by atoms with Crippen LogP contribution < -0.4 is 10.6 Å². The van der Waals surface area contributed by atoms with Crippen LogP contribution in [-0.2, 0) is 4.79 Å². The fourth-order valence-electron chi connectivity index (χ4n) is 2.24. The number of anilines is 2. The largest absolute Gasteiger partial charge is 0.395 e. The zero-order valence-corrected chi connectivity index (χ0v) is 12.9. The second-order valence-corrected chi connectivity index (χ2v) is 5.51. The Morgan fingerprint density at radius 2 is 2.05 bits per heavy atom. The van der Waals surface area contributed by atoms with Gasteiger partial charge < -0.3 is 15.5 Å². The smallest absolute Gasteiger partial charge is 0.242 e. The Bertz CT molecular complexity index is 606. The topological polar surface area (TPSA) is 62.5 Å². The van der Waals surface area contributed by atoms with E-state index in [2.05, 4.69) is 4.98 Å². The summed E-state index contributed by atoms with van der Waals surface area (Å²) in [5.41, 5.74) is 10.2. The molecule has 6 heteroatoms. The summed E-state index contributed by atoms with van der Waals surface area (Å²) in [7, 11) is 1.88. The van der Waals surface area contributed by atoms with E-state index in [1.165, 1.54) is 0 Å². The van der Waals surface area contributed by atoms with Crippen molar-refractivity contribution >= 4 is 38.8 Å². The molecule has 0 aliphatic heterocycles. The van der Waals surface area contributed by atoms with Crippen molar-refractivity contribution in [2.45, 2.75) is 13.8 Å². The molecule has 1 aromatic heterocycles. The fourth-order valence-corrected chi connectivity index (χ4v) is 2.93. The molecule has 108 valence electrons. The maximum Gasteiger partial charge on any atom is 0.242 e. The van der Waals surface area contributed by atoms with Gasteiger partial charge in [-0.2, -0.15) is 0 Å². The SMILES string of the molecule is CCN(CC)C(=O)CN(C)c1ccc2scnc2c1N. The third-order valence-electron chi connectivity index (χ3n) is 3.42. The zero-order chi connectivity index (χ0) is 14.7. The number of rotatable bonds is 5. The summed E-state index contributed by atoms with van der Waals surface area (Å²) in [4.78, 5) is 20.1. The van der Waals surface area contributed by atoms with E-state index in [0.717, 1.165) is 29.0 Å². The van der Waals surface area contributed by atoms with E-state index in [-0.39, 0.29) is 5.91 Å². The molecular weight excluding hydrogens is 272 g/mol. The highest BCUT2D eigenvalue weighted by atomic mass is 32.1. The molecule has 0 aliphatic carbocycles. The van der Waals surface area contributed by atoms with Crippen molar-refractivity contribution in [2.75, 3.05) is 37.3 Å². The molecule has 1 heterocycles. The molecule has 5 nitrogen and oxygen atoms in total. The molecule has 20 heavy (non-hydrogen) atoms. The molecule has 0 fully saturated rings. The summed E-state index contributed by atoms with van der Waals surface area (Å²) in [6.07, 6.45) is 0. The zero-order valence-electron chi connectivity index (χ0n) is 12.1. The minimum atomic E-state index is 0.107. The Morgan fingerprint density at radius 1 is 1.35 bits per heavy atom. The van der Waals surface area contributed by atoms with Crippen molar-refractivity contribution in [3.05, 3.63) is 17.6 Å². The van der Waals surface area contributed by atoms with Crippen LogP contribution in [0.15, 0.2) is 17.6 Å². The molecule has 0 saturated carbocycles. The van der Waals surface area contributed by atoms with E-state index in [9.17, 15) is 4.79 Å². The predicted molar refractivity (Wildman–Crippen MR) is 85.2 cm³/mol. The van der Waals surface area contributed by atoms with Crippen LogP contribution in [0.4, 0.5) is 11.4 Å². The highest BCUT2D eigenvalue weighted by Crippen LogP contribution is 2.31. The quantitative estimate of drug-likeness (QED) is 0.858. The van der Waals surface area contributed by atoms with E-state index in [1.807, 2.05) is 42.8 Å². The van der Waals surface area contributed by atoms with Gasteiger partial charge in [0.1, 0.15) is 5.52 Å². The van der Waals surface area contributed by atoms with Gasteiger partial charge in [0, 0.05) is 20.1 Å². The Hall–Kier alpha value is -1.82. The van der Waals surface area contributed by atoms with Gasteiger partial charge in [0.15, 0.2) is 0 Å². The van der Waals surface area contributed by atoms with E-state index in [1.54, 1.807) is 16.8 Å². The van der Waals surface area contributed by atoms with Crippen molar-refractivity contribution in [1.29, 1.82) is 0 Å². The second-order valence-electron chi connectivity index (χ2n) is 4.62. The number of amides is 1. The van der Waals surface area contributed by atoms with Crippen LogP contribution >= 0.6 is 11.3 Å². The molecule has 0 spiro atoms. The Kier molecular flexibility index (Phi) is 4.44. The molecule has 0 radical (unpaired) electrons. The van der Waals surface area contributed by atoms with Crippen LogP contribution in [0.25, 0.3) is 10.2 Å². The van der Waals surface area contributed by atoms with Crippen molar-refractivity contribution in [1.82, 2.24) is 9.88 Å². The number of aromatic nitrogens is 1. The highest BCUT2D eigenvalue weighted by Gasteiger charge is 2.16. The molecule has 1 amide bonds. The number of fused-ring (bicyclic) bond motifs is 1. The maximum atomic E-state index is 12.1. The van der Waals surface area contributed by atoms with Gasteiger partial charge in [-0.25, -0.2) is 4.98 Å². The van der Waals surface area contributed by atoms with Crippen LogP contribution in [0.5, 0.6) is 0 Å². The van der Waals surface area contributed by atoms with Gasteiger partial charge in [-0.15, -0.1) is 11.3 Å². The predicted octanol–water partition coefficient (Wildman–Crippen LogP) is 2.18. The van der Waals surface area contributed by atoms with E-state index in [0.29, 0.717) is 12.2 Å². The maximum absolute atomic E-state index is 12.1. The highest BCUT2D eigenvalue weighted by molar-refractivity contribution is 7.16. The number of hydrogen-bond acceptors (Lipinski definition) is 5. The molecule has 2 aromatic rings. The minimum absolute atomic E-state index is 0.107. The van der Waals surface area contributed by atoms with Crippen LogP contribution in [0.3, 0.4) is 0 Å². The normalized spacial score (nSPS) is 10.8. The first-order valence-corrected chi connectivity index (χ1v) is 7.57. The molecule has 2 rings (SSSR count). The molecule has 0 aliphatic rings. The average molecular weight is 292 g/mol. The van der Waals surface area contributed by atoms with Gasteiger partial charge >= 0.3 is 0 Å². The van der Waals surface area contributed by atoms with Crippen molar-refractivity contribution in [3.8, 4) is 0 Å². The Balaban J connectivity index is 2.20. The number of carbonyl (C=O) groups is 1. The number of thiazole rings is 1. The van der Waals surface area contributed by atoms with Crippen LogP contribution in [0, 0.1) is 0 Å². The number of nitrogens with zero attached hydrogens (tertiary/aromatic N) is 3. The number of nitrogens with two attached hydrogens (primary N) is 1. The number of carbonyl (C=O) groups excluding carboxylic acids is 1. The Morgan fingerprint density at radius 3 is 2.70 bits per heavy atom. The number of nitrogen functional groups attached to an aromatic ring is 1. The Labute approximate surface area is 123 Å². The molecule has 0 saturated heterocycles. The van der Waals surface area contributed by atoms with Gasteiger partial charge in [-0.05, 0) is 26.0 Å². The summed E-state index contributed by atoms with van der Waals surface area (Å²) in [5.74, 6) is 0.107. The first-order chi connectivity index (χ1) is 9.58. The standard InChI is InChI=1S/C14H20N4OS/c1-4-18(5-2)12(19)8-17(3)10-6-7-11-14(13(10)15)16-9-20-11/h6-7,9H,4-5,8,15H2,1-3H3. The summed E-state index contributed by atoms with van der Waals surface area (Å²) in [6, 6.07) is 3.95.